The van der Waals surface area contributed by atoms with Crippen LogP contribution in [0.4, 0.5) is 9.18 Å². The Balaban J connectivity index is 1.25. The Morgan fingerprint density at radius 2 is 0.735 bits per heavy atom. The summed E-state index contributed by atoms with van der Waals surface area (Å²) in [6.45, 7) is 2.09. The van der Waals surface area contributed by atoms with Crippen LogP contribution in [0, 0.1) is 0 Å². The van der Waals surface area contributed by atoms with E-state index in [2.05, 4.69) is 47.9 Å². The van der Waals surface area contributed by atoms with Gasteiger partial charge in [-0.05, 0) is 74.3 Å². The lowest BCUT2D eigenvalue weighted by Crippen LogP contribution is -2.49. The van der Waals surface area contributed by atoms with Crippen LogP contribution in [-0.2, 0) is 9.59 Å². The Labute approximate surface area is 566 Å². The maximum Gasteiger partial charge on any atom is 0.397 e. The lowest BCUT2D eigenvalue weighted by molar-refractivity contribution is -0.137. The molecule has 0 fully saturated rings. The summed E-state index contributed by atoms with van der Waals surface area (Å²) in [5, 5.41) is 80.1. The van der Waals surface area contributed by atoms with Crippen LogP contribution in [0.25, 0.3) is 0 Å². The lowest BCUT2D eigenvalue weighted by atomic mass is 10.0. The SMILES string of the molecule is O=C(O)CCCN(CCNC(=O)F)CCC(=O)CCCCCC1CN2CCNC(=O)c3cccc(c3O)C(=O)NCCN(CCNC(=O)c3cccc(c3O)C(=O)N1)CCN1CCNC(=O)c3cccc(c3O)C(=O)NCCN(CCNC(=O)c3cccc(c3O)C(=O)NCC1)CC2. The minimum absolute atomic E-state index is 0.00811. The van der Waals surface area contributed by atoms with Crippen molar-refractivity contribution in [3.05, 3.63) is 117 Å². The summed E-state index contributed by atoms with van der Waals surface area (Å²) >= 11 is 0. The second kappa shape index (κ2) is 38.8. The third kappa shape index (κ3) is 23.5. The molecule has 30 nitrogen and oxygen atoms in total. The molecule has 8 rings (SSSR count). The van der Waals surface area contributed by atoms with E-state index in [9.17, 15) is 77.6 Å². The second-order valence-corrected chi connectivity index (χ2v) is 24.0. The van der Waals surface area contributed by atoms with Gasteiger partial charge in [0.15, 0.2) is 0 Å². The van der Waals surface area contributed by atoms with Crippen molar-refractivity contribution in [2.24, 2.45) is 0 Å². The highest BCUT2D eigenvalue weighted by Crippen LogP contribution is 2.27. The number of benzene rings is 4. The highest BCUT2D eigenvalue weighted by molar-refractivity contribution is 6.06. The molecule has 0 saturated heterocycles. The predicted molar refractivity (Wildman–Crippen MR) is 356 cm³/mol. The largest absolute Gasteiger partial charge is 0.506 e. The van der Waals surface area contributed by atoms with Crippen molar-refractivity contribution >= 4 is 65.2 Å². The standard InChI is InChI=1S/C67H89FN14O16/c68-67(98)76-28-37-78(29-8-19-54(84)85)30-20-45(83)10-3-1-2-9-44-43-82-38-27-75-64(95)51-16-6-15-50(57(51)88)61(92)71-23-33-80(34-24-74-65(96)52-17-7-18-53(58(52)89)66(97)77-44)40-39-79-31-21-69-59(90)46-11-4-13-48(55(46)86)62(93)72-25-35-81(41-42-82)36-26-73-63(94)49-14-5-12-47(56(49)87)60(91)70-22-32-79/h4-7,11-18,44,86-89H,1-3,8-10,19-43H2,(H,69,90)(H,70,91)(H,71,92)(H,72,93)(H,73,94)(H,74,96)(H,75,95)(H,76,98)(H,77,97)(H,84,85). The summed E-state index contributed by atoms with van der Waals surface area (Å²) in [5.74, 6) is -9.01. The summed E-state index contributed by atoms with van der Waals surface area (Å²) in [7, 11) is 0. The van der Waals surface area contributed by atoms with Gasteiger partial charge >= 0.3 is 12.1 Å². The van der Waals surface area contributed by atoms with Gasteiger partial charge in [0.2, 0.25) is 0 Å². The molecule has 530 valence electrons. The Bertz CT molecular complexity index is 3380. The number of phenolic OH excluding ortho intramolecular Hbond substituents is 4. The summed E-state index contributed by atoms with van der Waals surface area (Å²) < 4.78 is 12.9. The molecule has 14 N–H and O–H groups in total. The van der Waals surface area contributed by atoms with E-state index < -0.39 is 88.4 Å². The summed E-state index contributed by atoms with van der Waals surface area (Å²) in [6, 6.07) is 16.0. The van der Waals surface area contributed by atoms with Crippen LogP contribution >= 0.6 is 0 Å². The number of carbonyl (C=O) groups excluding carboxylic acids is 10. The van der Waals surface area contributed by atoms with Crippen molar-refractivity contribution in [3.8, 4) is 23.0 Å². The van der Waals surface area contributed by atoms with Gasteiger partial charge in [0, 0.05) is 169 Å². The fraction of sp³-hybridized carbons (Fsp3) is 0.478. The Morgan fingerprint density at radius 3 is 1.07 bits per heavy atom. The predicted octanol–water partition coefficient (Wildman–Crippen LogP) is 0.821. The number of amides is 9. The fourth-order valence-corrected chi connectivity index (χ4v) is 11.6. The maximum atomic E-state index is 14.6. The highest BCUT2D eigenvalue weighted by atomic mass is 19.1. The second-order valence-electron chi connectivity index (χ2n) is 24.0. The summed E-state index contributed by atoms with van der Waals surface area (Å²) in [6.07, 6.45) is 0.353. The Kier molecular flexibility index (Phi) is 29.9. The minimum atomic E-state index is -1.71. The van der Waals surface area contributed by atoms with E-state index in [0.29, 0.717) is 25.8 Å². The van der Waals surface area contributed by atoms with E-state index >= 15 is 0 Å². The zero-order valence-corrected chi connectivity index (χ0v) is 54.8. The Hall–Kier alpha value is -9.82. The number of carboxylic acid groups (broad SMARTS) is 1. The number of nitrogens with zero attached hydrogens (tertiary/aromatic N) is 5. The zero-order valence-electron chi connectivity index (χ0n) is 54.8. The van der Waals surface area contributed by atoms with Crippen molar-refractivity contribution in [2.45, 2.75) is 57.4 Å². The number of ketones is 1. The quantitative estimate of drug-likeness (QED) is 0.0419. The van der Waals surface area contributed by atoms with E-state index in [1.165, 1.54) is 72.8 Å². The van der Waals surface area contributed by atoms with Crippen LogP contribution in [0.3, 0.4) is 0 Å². The van der Waals surface area contributed by atoms with E-state index in [1.54, 1.807) is 4.90 Å². The van der Waals surface area contributed by atoms with Gasteiger partial charge in [-0.15, -0.1) is 4.39 Å². The van der Waals surface area contributed by atoms with Gasteiger partial charge in [-0.3, -0.25) is 67.5 Å². The first-order valence-electron chi connectivity index (χ1n) is 33.0. The van der Waals surface area contributed by atoms with E-state index in [4.69, 9.17) is 5.11 Å². The number of rotatable bonds is 16. The molecule has 9 amide bonds. The van der Waals surface area contributed by atoms with Gasteiger partial charge in [0.1, 0.15) is 28.8 Å². The van der Waals surface area contributed by atoms with E-state index in [0.717, 1.165) is 0 Å². The number of aromatic hydroxyl groups is 4. The molecule has 4 aliphatic rings. The molecule has 4 aromatic carbocycles. The van der Waals surface area contributed by atoms with Crippen molar-refractivity contribution in [1.82, 2.24) is 72.4 Å². The smallest absolute Gasteiger partial charge is 0.397 e. The molecule has 0 aromatic heterocycles. The molecule has 3 atom stereocenters. The summed E-state index contributed by atoms with van der Waals surface area (Å²) in [5.41, 5.74) is -1.51. The topological polar surface area (TPSA) is 413 Å². The van der Waals surface area contributed by atoms with Crippen molar-refractivity contribution in [3.63, 3.8) is 0 Å². The average molecular weight is 1370 g/mol. The molecular formula is C67H89FN14O16. The van der Waals surface area contributed by atoms with Gasteiger partial charge < -0.3 is 78.3 Å². The number of Topliss-reactive ketones (excluding diaryl/α,β-unsaturated/α-hetero) is 1. The number of carbonyl (C=O) groups is 11. The molecule has 0 aliphatic carbocycles. The molecule has 0 radical (unpaired) electrons. The number of para-hydroxylation sites is 4. The lowest BCUT2D eigenvalue weighted by Gasteiger charge is -2.31. The monoisotopic (exact) mass is 1360 g/mol. The minimum Gasteiger partial charge on any atom is -0.506 e. The fourth-order valence-electron chi connectivity index (χ4n) is 11.6. The number of unbranched alkanes of at least 4 members (excludes halogenated alkanes) is 2. The molecule has 3 unspecified atom stereocenters. The van der Waals surface area contributed by atoms with Gasteiger partial charge in [0.25, 0.3) is 47.3 Å². The zero-order chi connectivity index (χ0) is 70.5. The Morgan fingerprint density at radius 1 is 0.408 bits per heavy atom. The van der Waals surface area contributed by atoms with Gasteiger partial charge in [-0.2, -0.15) is 0 Å². The molecule has 98 heavy (non-hydrogen) atoms. The third-order valence-corrected chi connectivity index (χ3v) is 17.1. The number of hydrogen-bond acceptors (Lipinski definition) is 20. The van der Waals surface area contributed by atoms with Crippen molar-refractivity contribution < 1.29 is 82.7 Å². The number of halogens is 1. The van der Waals surface area contributed by atoms with Gasteiger partial charge in [-0.25, -0.2) is 4.79 Å². The van der Waals surface area contributed by atoms with Crippen LogP contribution in [0.5, 0.6) is 23.0 Å². The van der Waals surface area contributed by atoms with Crippen molar-refractivity contribution in [1.29, 1.82) is 0 Å². The molecule has 12 bridgehead atoms. The number of hydrogen-bond donors (Lipinski definition) is 14. The highest BCUT2D eigenvalue weighted by Gasteiger charge is 2.27. The third-order valence-electron chi connectivity index (χ3n) is 17.1. The molecule has 4 aromatic rings. The van der Waals surface area contributed by atoms with Crippen LogP contribution < -0.4 is 47.9 Å². The van der Waals surface area contributed by atoms with Crippen LogP contribution in [0.1, 0.15) is 134 Å². The van der Waals surface area contributed by atoms with Gasteiger partial charge in [-0.1, -0.05) is 37.1 Å². The normalized spacial score (nSPS) is 20.3. The maximum absolute atomic E-state index is 14.6. The number of phenols is 4. The van der Waals surface area contributed by atoms with Crippen LogP contribution in [0.2, 0.25) is 0 Å². The van der Waals surface area contributed by atoms with E-state index in [-0.39, 0.29) is 226 Å². The molecule has 0 saturated carbocycles. The molecule has 31 heteroatoms. The van der Waals surface area contributed by atoms with Crippen LogP contribution in [-0.4, -0.2) is 272 Å². The van der Waals surface area contributed by atoms with Gasteiger partial charge in [0.05, 0.1) is 44.5 Å². The van der Waals surface area contributed by atoms with E-state index in [1.807, 2.05) is 19.6 Å². The molecule has 4 aliphatic heterocycles. The number of aliphatic carboxylic acids is 1. The first-order chi connectivity index (χ1) is 47.2. The summed E-state index contributed by atoms with van der Waals surface area (Å²) in [4.78, 5) is 157. The molecular weight excluding hydrogens is 1280 g/mol. The number of fused-ring (bicyclic) bond motifs is 16. The molecule has 0 spiro atoms. The average Bonchev–Trinajstić information content (AvgIpc) is 0.908. The number of carboxylic acids is 1. The molecule has 4 heterocycles. The first-order valence-corrected chi connectivity index (χ1v) is 33.0. The van der Waals surface area contributed by atoms with Crippen molar-refractivity contribution in [2.75, 3.05) is 151 Å². The van der Waals surface area contributed by atoms with Crippen LogP contribution in [0.15, 0.2) is 72.8 Å². The number of nitrogens with one attached hydrogen (secondary N) is 9. The first kappa shape index (κ1) is 75.6.